The molecule has 0 radical (unpaired) electrons. The Morgan fingerprint density at radius 1 is 1.11 bits per heavy atom. The number of nitrogens with one attached hydrogen (secondary N) is 1. The predicted molar refractivity (Wildman–Crippen MR) is 70.2 cm³/mol. The smallest absolute Gasteiger partial charge is 0.123 e. The van der Waals surface area contributed by atoms with Gasteiger partial charge >= 0.3 is 0 Å². The lowest BCUT2D eigenvalue weighted by Crippen LogP contribution is -2.15. The second-order valence-electron chi connectivity index (χ2n) is 4.51. The van der Waals surface area contributed by atoms with Gasteiger partial charge in [-0.2, -0.15) is 0 Å². The first kappa shape index (κ1) is 13.2. The highest BCUT2D eigenvalue weighted by molar-refractivity contribution is 5.38. The van der Waals surface area contributed by atoms with Crippen LogP contribution in [0.5, 0.6) is 11.5 Å². The quantitative estimate of drug-likeness (QED) is 0.717. The highest BCUT2D eigenvalue weighted by Crippen LogP contribution is 2.24. The van der Waals surface area contributed by atoms with Crippen molar-refractivity contribution < 1.29 is 14.2 Å². The van der Waals surface area contributed by atoms with Crippen LogP contribution in [0.1, 0.15) is 18.4 Å². The molecular weight excluding hydrogens is 230 g/mol. The molecule has 18 heavy (non-hydrogen) atoms. The molecule has 0 saturated heterocycles. The van der Waals surface area contributed by atoms with Gasteiger partial charge in [0.2, 0.25) is 0 Å². The summed E-state index contributed by atoms with van der Waals surface area (Å²) in [6.45, 7) is 2.01. The molecule has 1 aliphatic carbocycles. The van der Waals surface area contributed by atoms with Gasteiger partial charge in [0.25, 0.3) is 0 Å². The topological polar surface area (TPSA) is 39.7 Å². The van der Waals surface area contributed by atoms with E-state index in [-0.39, 0.29) is 0 Å². The summed E-state index contributed by atoms with van der Waals surface area (Å²) in [6.07, 6.45) is 2.59. The lowest BCUT2D eigenvalue weighted by molar-refractivity contribution is 0.146. The highest BCUT2D eigenvalue weighted by Gasteiger charge is 2.20. The fraction of sp³-hybridized carbons (Fsp3) is 0.571. The van der Waals surface area contributed by atoms with Gasteiger partial charge in [0.15, 0.2) is 0 Å². The van der Waals surface area contributed by atoms with Crippen molar-refractivity contribution >= 4 is 0 Å². The number of benzene rings is 1. The molecule has 0 aromatic heterocycles. The maximum Gasteiger partial charge on any atom is 0.123 e. The van der Waals surface area contributed by atoms with Gasteiger partial charge in [-0.15, -0.1) is 0 Å². The normalized spacial score (nSPS) is 14.6. The van der Waals surface area contributed by atoms with E-state index in [4.69, 9.17) is 14.2 Å². The predicted octanol–water partition coefficient (Wildman–Crippen LogP) is 1.97. The monoisotopic (exact) mass is 251 g/mol. The molecule has 1 aliphatic rings. The molecule has 1 aromatic rings. The van der Waals surface area contributed by atoms with Gasteiger partial charge in [-0.25, -0.2) is 0 Å². The first-order valence-electron chi connectivity index (χ1n) is 6.35. The minimum Gasteiger partial charge on any atom is -0.497 e. The van der Waals surface area contributed by atoms with E-state index in [2.05, 4.69) is 5.32 Å². The van der Waals surface area contributed by atoms with E-state index in [0.717, 1.165) is 18.0 Å². The minimum atomic E-state index is 0.555. The highest BCUT2D eigenvalue weighted by atomic mass is 16.5. The third-order valence-corrected chi connectivity index (χ3v) is 2.90. The van der Waals surface area contributed by atoms with E-state index >= 15 is 0 Å². The van der Waals surface area contributed by atoms with Crippen molar-refractivity contribution in [2.24, 2.45) is 0 Å². The lowest BCUT2D eigenvalue weighted by atomic mass is 10.2. The third kappa shape index (κ3) is 4.20. The minimum absolute atomic E-state index is 0.555. The van der Waals surface area contributed by atoms with Crippen LogP contribution >= 0.6 is 0 Å². The van der Waals surface area contributed by atoms with Crippen LogP contribution < -0.4 is 14.8 Å². The molecule has 0 unspecified atom stereocenters. The summed E-state index contributed by atoms with van der Waals surface area (Å²) >= 11 is 0. The summed E-state index contributed by atoms with van der Waals surface area (Å²) in [7, 11) is 3.34. The number of hydrogen-bond donors (Lipinski definition) is 1. The molecule has 4 nitrogen and oxygen atoms in total. The Kier molecular flexibility index (Phi) is 4.84. The van der Waals surface area contributed by atoms with Crippen LogP contribution in [0.3, 0.4) is 0 Å². The Labute approximate surface area is 108 Å². The van der Waals surface area contributed by atoms with Crippen LogP contribution in [-0.4, -0.2) is 33.5 Å². The lowest BCUT2D eigenvalue weighted by Gasteiger charge is -2.11. The molecule has 2 rings (SSSR count). The van der Waals surface area contributed by atoms with Crippen molar-refractivity contribution in [1.82, 2.24) is 5.32 Å². The molecular formula is C14H21NO3. The number of hydrogen-bond acceptors (Lipinski definition) is 4. The van der Waals surface area contributed by atoms with Gasteiger partial charge in [0, 0.05) is 25.8 Å². The van der Waals surface area contributed by atoms with Gasteiger partial charge in [-0.1, -0.05) is 0 Å². The second-order valence-corrected chi connectivity index (χ2v) is 4.51. The Bertz CT molecular complexity index is 377. The van der Waals surface area contributed by atoms with Crippen molar-refractivity contribution in [2.75, 3.05) is 27.4 Å². The fourth-order valence-electron chi connectivity index (χ4n) is 1.73. The van der Waals surface area contributed by atoms with Gasteiger partial charge in [-0.05, 0) is 30.5 Å². The molecule has 0 aliphatic heterocycles. The Morgan fingerprint density at radius 3 is 2.56 bits per heavy atom. The average Bonchev–Trinajstić information content (AvgIpc) is 3.20. The first-order valence-corrected chi connectivity index (χ1v) is 6.35. The Morgan fingerprint density at radius 2 is 1.89 bits per heavy atom. The van der Waals surface area contributed by atoms with Crippen LogP contribution in [0.2, 0.25) is 0 Å². The average molecular weight is 251 g/mol. The number of rotatable bonds is 8. The van der Waals surface area contributed by atoms with E-state index in [1.165, 1.54) is 18.4 Å². The maximum atomic E-state index is 5.62. The largest absolute Gasteiger partial charge is 0.497 e. The Hall–Kier alpha value is -1.26. The molecule has 0 amide bonds. The van der Waals surface area contributed by atoms with E-state index in [1.807, 2.05) is 18.2 Å². The van der Waals surface area contributed by atoms with Crippen molar-refractivity contribution in [3.8, 4) is 11.5 Å². The van der Waals surface area contributed by atoms with Gasteiger partial charge in [0.05, 0.1) is 13.7 Å². The summed E-state index contributed by atoms with van der Waals surface area (Å²) in [4.78, 5) is 0. The van der Waals surface area contributed by atoms with E-state index in [9.17, 15) is 0 Å². The van der Waals surface area contributed by atoms with Crippen molar-refractivity contribution in [3.05, 3.63) is 23.8 Å². The van der Waals surface area contributed by atoms with Gasteiger partial charge in [0.1, 0.15) is 18.1 Å². The van der Waals surface area contributed by atoms with Crippen molar-refractivity contribution in [3.63, 3.8) is 0 Å². The summed E-state index contributed by atoms with van der Waals surface area (Å²) in [5.41, 5.74) is 1.19. The molecule has 0 atom stereocenters. The SMILES string of the molecule is COCCOc1cc(CNC2CC2)cc(OC)c1. The summed E-state index contributed by atoms with van der Waals surface area (Å²) in [5.74, 6) is 1.66. The molecule has 4 heteroatoms. The number of ether oxygens (including phenoxy) is 3. The van der Waals surface area contributed by atoms with Crippen LogP contribution in [0.25, 0.3) is 0 Å². The Balaban J connectivity index is 1.95. The fourth-order valence-corrected chi connectivity index (χ4v) is 1.73. The zero-order valence-corrected chi connectivity index (χ0v) is 11.1. The maximum absolute atomic E-state index is 5.62. The van der Waals surface area contributed by atoms with Crippen molar-refractivity contribution in [1.29, 1.82) is 0 Å². The zero-order chi connectivity index (χ0) is 12.8. The molecule has 1 aromatic carbocycles. The first-order chi connectivity index (χ1) is 8.81. The summed E-state index contributed by atoms with van der Waals surface area (Å²) in [5, 5.41) is 3.48. The molecule has 1 fully saturated rings. The van der Waals surface area contributed by atoms with Crippen LogP contribution in [0.15, 0.2) is 18.2 Å². The standard InChI is InChI=1S/C14H21NO3/c1-16-5-6-18-14-8-11(7-13(9-14)17-2)10-15-12-3-4-12/h7-9,12,15H,3-6,10H2,1-2H3. The van der Waals surface area contributed by atoms with Crippen molar-refractivity contribution in [2.45, 2.75) is 25.4 Å². The van der Waals surface area contributed by atoms with Crippen LogP contribution in [-0.2, 0) is 11.3 Å². The van der Waals surface area contributed by atoms with Gasteiger partial charge in [-0.3, -0.25) is 0 Å². The van der Waals surface area contributed by atoms with E-state index in [0.29, 0.717) is 19.3 Å². The zero-order valence-electron chi connectivity index (χ0n) is 11.1. The molecule has 100 valence electrons. The van der Waals surface area contributed by atoms with Gasteiger partial charge < -0.3 is 19.5 Å². The summed E-state index contributed by atoms with van der Waals surface area (Å²) < 4.78 is 15.9. The van der Waals surface area contributed by atoms with E-state index < -0.39 is 0 Å². The van der Waals surface area contributed by atoms with Crippen LogP contribution in [0, 0.1) is 0 Å². The molecule has 0 bridgehead atoms. The molecule has 1 saturated carbocycles. The van der Waals surface area contributed by atoms with E-state index in [1.54, 1.807) is 14.2 Å². The number of methoxy groups -OCH3 is 2. The van der Waals surface area contributed by atoms with Crippen LogP contribution in [0.4, 0.5) is 0 Å². The molecule has 0 spiro atoms. The third-order valence-electron chi connectivity index (χ3n) is 2.90. The molecule has 1 N–H and O–H groups in total. The summed E-state index contributed by atoms with van der Waals surface area (Å²) in [6, 6.07) is 6.69. The second kappa shape index (κ2) is 6.61. The molecule has 0 heterocycles.